The molecule has 1 aromatic carbocycles. The van der Waals surface area contributed by atoms with Crippen molar-refractivity contribution < 1.29 is 27.1 Å². The van der Waals surface area contributed by atoms with E-state index in [1.807, 2.05) is 0 Å². The van der Waals surface area contributed by atoms with Gasteiger partial charge in [-0.25, -0.2) is 8.78 Å². The van der Waals surface area contributed by atoms with Crippen LogP contribution in [0.5, 0.6) is 5.75 Å². The molecule has 0 bridgehead atoms. The van der Waals surface area contributed by atoms with Crippen LogP contribution in [0.1, 0.15) is 32.1 Å². The van der Waals surface area contributed by atoms with Crippen molar-refractivity contribution in [3.8, 4) is 5.75 Å². The Bertz CT molecular complexity index is 470. The smallest absolute Gasteiger partial charge is 0.314 e. The Morgan fingerprint density at radius 1 is 1.00 bits per heavy atom. The van der Waals surface area contributed by atoms with Gasteiger partial charge in [0.05, 0.1) is 12.0 Å². The third-order valence-corrected chi connectivity index (χ3v) is 3.14. The second-order valence-electron chi connectivity index (χ2n) is 4.47. The molecule has 0 saturated heterocycles. The van der Waals surface area contributed by atoms with E-state index < -0.39 is 40.9 Å². The van der Waals surface area contributed by atoms with Crippen LogP contribution in [0.3, 0.4) is 0 Å². The van der Waals surface area contributed by atoms with Crippen LogP contribution >= 0.6 is 0 Å². The third-order valence-electron chi connectivity index (χ3n) is 3.14. The maximum absolute atomic E-state index is 13.3. The summed E-state index contributed by atoms with van der Waals surface area (Å²) in [7, 11) is 0. The molecule has 1 aliphatic carbocycles. The molecule has 1 aliphatic rings. The molecule has 103 valence electrons. The van der Waals surface area contributed by atoms with Gasteiger partial charge in [-0.05, 0) is 12.8 Å². The average molecular weight is 275 g/mol. The predicted molar refractivity (Wildman–Crippen MR) is 57.3 cm³/mol. The number of benzene rings is 1. The Labute approximate surface area is 107 Å². The first-order chi connectivity index (χ1) is 9.00. The summed E-state index contributed by atoms with van der Waals surface area (Å²) in [6, 6.07) is 1.23. The molecule has 1 radical (unpaired) electrons. The van der Waals surface area contributed by atoms with Crippen LogP contribution in [0.25, 0.3) is 0 Å². The Hall–Kier alpha value is -1.59. The van der Waals surface area contributed by atoms with Crippen molar-refractivity contribution in [3.05, 3.63) is 29.3 Å². The molecule has 0 N–H and O–H groups in total. The molecular formula is C13H11F4O2. The number of rotatable bonds is 2. The average Bonchev–Trinajstić information content (AvgIpc) is 2.42. The van der Waals surface area contributed by atoms with Crippen molar-refractivity contribution in [1.29, 1.82) is 0 Å². The first-order valence-corrected chi connectivity index (χ1v) is 5.97. The summed E-state index contributed by atoms with van der Waals surface area (Å²) in [5, 5.41) is 0. The topological polar surface area (TPSA) is 26.3 Å². The molecule has 0 atom stereocenters. The summed E-state index contributed by atoms with van der Waals surface area (Å²) >= 11 is 0. The fourth-order valence-electron chi connectivity index (χ4n) is 2.11. The Morgan fingerprint density at radius 2 is 1.53 bits per heavy atom. The molecule has 2 rings (SSSR count). The minimum Gasteiger partial charge on any atom is -0.420 e. The molecule has 2 nitrogen and oxygen atoms in total. The SMILES string of the molecule is O=C(Oc1c(F)c(F)[c]c(F)c1F)C1CCCCC1. The Kier molecular flexibility index (Phi) is 4.07. The van der Waals surface area contributed by atoms with Gasteiger partial charge < -0.3 is 4.74 Å². The summed E-state index contributed by atoms with van der Waals surface area (Å²) in [6.45, 7) is 0. The van der Waals surface area contributed by atoms with E-state index in [0.717, 1.165) is 19.3 Å². The number of carbonyl (C=O) groups is 1. The standard InChI is InChI=1S/C13H11F4O2/c14-8-6-9(15)11(17)12(10(8)16)19-13(18)7-4-2-1-3-5-7/h7H,1-5H2. The summed E-state index contributed by atoms with van der Waals surface area (Å²) < 4.78 is 56.8. The number of hydrogen-bond donors (Lipinski definition) is 0. The summed E-state index contributed by atoms with van der Waals surface area (Å²) in [6.07, 6.45) is 3.71. The molecule has 1 fully saturated rings. The second kappa shape index (κ2) is 5.59. The fourth-order valence-corrected chi connectivity index (χ4v) is 2.11. The highest BCUT2D eigenvalue weighted by molar-refractivity contribution is 5.75. The Morgan fingerprint density at radius 3 is 2.05 bits per heavy atom. The lowest BCUT2D eigenvalue weighted by Gasteiger charge is -2.20. The van der Waals surface area contributed by atoms with Crippen LogP contribution in [-0.4, -0.2) is 5.97 Å². The van der Waals surface area contributed by atoms with Crippen molar-refractivity contribution in [1.82, 2.24) is 0 Å². The minimum absolute atomic E-state index is 0.483. The molecule has 0 unspecified atom stereocenters. The van der Waals surface area contributed by atoms with Crippen LogP contribution in [0.2, 0.25) is 0 Å². The van der Waals surface area contributed by atoms with Crippen LogP contribution in [0.4, 0.5) is 17.6 Å². The highest BCUT2D eigenvalue weighted by atomic mass is 19.2. The number of hydrogen-bond acceptors (Lipinski definition) is 2. The number of carbonyl (C=O) groups excluding carboxylic acids is 1. The molecule has 0 heterocycles. The van der Waals surface area contributed by atoms with E-state index in [1.54, 1.807) is 0 Å². The van der Waals surface area contributed by atoms with Crippen LogP contribution < -0.4 is 4.74 Å². The molecule has 1 aromatic rings. The second-order valence-corrected chi connectivity index (χ2v) is 4.47. The van der Waals surface area contributed by atoms with Gasteiger partial charge in [0, 0.05) is 0 Å². The van der Waals surface area contributed by atoms with Gasteiger partial charge in [-0.15, -0.1) is 0 Å². The minimum atomic E-state index is -1.75. The first-order valence-electron chi connectivity index (χ1n) is 5.97. The first kappa shape index (κ1) is 13.8. The van der Waals surface area contributed by atoms with E-state index in [1.165, 1.54) is 6.07 Å². The maximum atomic E-state index is 13.3. The van der Waals surface area contributed by atoms with Gasteiger partial charge in [0.1, 0.15) is 0 Å². The van der Waals surface area contributed by atoms with Crippen LogP contribution in [0.15, 0.2) is 0 Å². The molecular weight excluding hydrogens is 264 g/mol. The van der Waals surface area contributed by atoms with Gasteiger partial charge >= 0.3 is 5.97 Å². The maximum Gasteiger partial charge on any atom is 0.314 e. The van der Waals surface area contributed by atoms with Crippen molar-refractivity contribution in [2.24, 2.45) is 5.92 Å². The number of halogens is 4. The lowest BCUT2D eigenvalue weighted by Crippen LogP contribution is -2.24. The monoisotopic (exact) mass is 275 g/mol. The fraction of sp³-hybridized carbons (Fsp3) is 0.462. The van der Waals surface area contributed by atoms with E-state index in [9.17, 15) is 22.4 Å². The molecule has 19 heavy (non-hydrogen) atoms. The highest BCUT2D eigenvalue weighted by Gasteiger charge is 2.28. The third kappa shape index (κ3) is 2.88. The summed E-state index contributed by atoms with van der Waals surface area (Å²) in [4.78, 5) is 11.7. The molecule has 0 aliphatic heterocycles. The van der Waals surface area contributed by atoms with Gasteiger partial charge in [-0.1, -0.05) is 19.3 Å². The van der Waals surface area contributed by atoms with E-state index >= 15 is 0 Å². The lowest BCUT2D eigenvalue weighted by atomic mass is 9.89. The number of esters is 1. The van der Waals surface area contributed by atoms with Crippen molar-refractivity contribution in [2.75, 3.05) is 0 Å². The molecule has 1 saturated carbocycles. The molecule has 0 spiro atoms. The van der Waals surface area contributed by atoms with Crippen molar-refractivity contribution in [3.63, 3.8) is 0 Å². The van der Waals surface area contributed by atoms with Gasteiger partial charge in [-0.2, -0.15) is 8.78 Å². The predicted octanol–water partition coefficient (Wildman–Crippen LogP) is 3.53. The van der Waals surface area contributed by atoms with Gasteiger partial charge in [0.2, 0.25) is 17.4 Å². The Balaban J connectivity index is 2.20. The summed E-state index contributed by atoms with van der Waals surface area (Å²) in [5.74, 6) is -9.60. The highest BCUT2D eigenvalue weighted by Crippen LogP contribution is 2.29. The largest absolute Gasteiger partial charge is 0.420 e. The summed E-state index contributed by atoms with van der Waals surface area (Å²) in [5.41, 5.74) is 0. The van der Waals surface area contributed by atoms with Crippen LogP contribution in [0, 0.1) is 35.3 Å². The zero-order valence-corrected chi connectivity index (χ0v) is 9.94. The lowest BCUT2D eigenvalue weighted by molar-refractivity contribution is -0.140. The van der Waals surface area contributed by atoms with Gasteiger partial charge in [-0.3, -0.25) is 4.79 Å². The van der Waals surface area contributed by atoms with E-state index in [-0.39, 0.29) is 0 Å². The van der Waals surface area contributed by atoms with Crippen LogP contribution in [-0.2, 0) is 4.79 Å². The molecule has 6 heteroatoms. The molecule has 0 amide bonds. The van der Waals surface area contributed by atoms with E-state index in [4.69, 9.17) is 0 Å². The zero-order valence-electron chi connectivity index (χ0n) is 9.94. The quantitative estimate of drug-likeness (QED) is 0.357. The number of ether oxygens (including phenoxy) is 1. The van der Waals surface area contributed by atoms with Crippen molar-refractivity contribution >= 4 is 5.97 Å². The van der Waals surface area contributed by atoms with E-state index in [2.05, 4.69) is 4.74 Å². The van der Waals surface area contributed by atoms with Gasteiger partial charge in [0.15, 0.2) is 11.6 Å². The van der Waals surface area contributed by atoms with Crippen molar-refractivity contribution in [2.45, 2.75) is 32.1 Å². The normalized spacial score (nSPS) is 16.4. The molecule has 0 aromatic heterocycles. The van der Waals surface area contributed by atoms with Gasteiger partial charge in [0.25, 0.3) is 0 Å². The zero-order chi connectivity index (χ0) is 14.0. The van der Waals surface area contributed by atoms with E-state index in [0.29, 0.717) is 12.8 Å².